The second kappa shape index (κ2) is 8.22. The number of nitrogens with one attached hydrogen (secondary N) is 1. The zero-order valence-corrected chi connectivity index (χ0v) is 14.6. The number of aromatic nitrogens is 1. The maximum absolute atomic E-state index is 11.6. The highest BCUT2D eigenvalue weighted by Crippen LogP contribution is 2.15. The number of pyridine rings is 1. The fraction of sp³-hybridized carbons (Fsp3) is 0.600. The SMILES string of the molecule is C[C@@H](CCCOc1cc(Br)ccn1)NC(=O)OC(C)(C)C. The van der Waals surface area contributed by atoms with E-state index in [1.165, 1.54) is 0 Å². The summed E-state index contributed by atoms with van der Waals surface area (Å²) in [5.74, 6) is 0.595. The van der Waals surface area contributed by atoms with E-state index >= 15 is 0 Å². The summed E-state index contributed by atoms with van der Waals surface area (Å²) in [4.78, 5) is 15.7. The highest BCUT2D eigenvalue weighted by Gasteiger charge is 2.17. The quantitative estimate of drug-likeness (QED) is 0.783. The van der Waals surface area contributed by atoms with Crippen molar-refractivity contribution in [2.24, 2.45) is 0 Å². The number of hydrogen-bond donors (Lipinski definition) is 1. The van der Waals surface area contributed by atoms with Gasteiger partial charge in [0.15, 0.2) is 0 Å². The molecule has 1 N–H and O–H groups in total. The fourth-order valence-corrected chi connectivity index (χ4v) is 1.93. The van der Waals surface area contributed by atoms with Gasteiger partial charge in [0, 0.05) is 22.8 Å². The van der Waals surface area contributed by atoms with E-state index in [4.69, 9.17) is 9.47 Å². The van der Waals surface area contributed by atoms with E-state index in [-0.39, 0.29) is 12.1 Å². The van der Waals surface area contributed by atoms with Gasteiger partial charge in [-0.05, 0) is 46.6 Å². The van der Waals surface area contributed by atoms with Gasteiger partial charge >= 0.3 is 6.09 Å². The molecule has 1 amide bonds. The van der Waals surface area contributed by atoms with Crippen LogP contribution in [0.3, 0.4) is 0 Å². The highest BCUT2D eigenvalue weighted by molar-refractivity contribution is 9.10. The van der Waals surface area contributed by atoms with Crippen molar-refractivity contribution < 1.29 is 14.3 Å². The van der Waals surface area contributed by atoms with Crippen molar-refractivity contribution >= 4 is 22.0 Å². The first-order valence-electron chi connectivity index (χ1n) is 7.00. The maximum atomic E-state index is 11.6. The van der Waals surface area contributed by atoms with Crippen LogP contribution in [0.25, 0.3) is 0 Å². The van der Waals surface area contributed by atoms with Crippen LogP contribution in [0, 0.1) is 0 Å². The predicted octanol–water partition coefficient (Wildman–Crippen LogP) is 3.92. The van der Waals surface area contributed by atoms with Crippen LogP contribution in [0.4, 0.5) is 4.79 Å². The van der Waals surface area contributed by atoms with E-state index in [9.17, 15) is 4.79 Å². The molecule has 1 aromatic rings. The smallest absolute Gasteiger partial charge is 0.407 e. The van der Waals surface area contributed by atoms with E-state index in [1.807, 2.05) is 39.8 Å². The second-order valence-corrected chi connectivity index (χ2v) is 6.77. The second-order valence-electron chi connectivity index (χ2n) is 5.85. The van der Waals surface area contributed by atoms with Crippen LogP contribution in [-0.2, 0) is 4.74 Å². The van der Waals surface area contributed by atoms with Crippen LogP contribution >= 0.6 is 15.9 Å². The molecule has 0 bridgehead atoms. The van der Waals surface area contributed by atoms with E-state index in [1.54, 1.807) is 6.20 Å². The Kier molecular flexibility index (Phi) is 6.95. The lowest BCUT2D eigenvalue weighted by atomic mass is 10.2. The molecule has 0 aliphatic heterocycles. The largest absolute Gasteiger partial charge is 0.478 e. The Morgan fingerprint density at radius 1 is 1.48 bits per heavy atom. The van der Waals surface area contributed by atoms with E-state index < -0.39 is 5.60 Å². The molecular weight excluding hydrogens is 336 g/mol. The summed E-state index contributed by atoms with van der Waals surface area (Å²) in [6.07, 6.45) is 2.94. The summed E-state index contributed by atoms with van der Waals surface area (Å²) in [5, 5.41) is 2.80. The number of carbonyl (C=O) groups excluding carboxylic acids is 1. The number of alkyl carbamates (subject to hydrolysis) is 1. The Morgan fingerprint density at radius 3 is 2.81 bits per heavy atom. The number of hydrogen-bond acceptors (Lipinski definition) is 4. The Hall–Kier alpha value is -1.30. The Bertz CT molecular complexity index is 460. The molecule has 1 aromatic heterocycles. The van der Waals surface area contributed by atoms with Crippen molar-refractivity contribution in [1.29, 1.82) is 0 Å². The van der Waals surface area contributed by atoms with E-state index in [0.29, 0.717) is 12.5 Å². The molecule has 0 unspecified atom stereocenters. The Balaban J connectivity index is 2.19. The van der Waals surface area contributed by atoms with Crippen LogP contribution in [0.15, 0.2) is 22.8 Å². The summed E-state index contributed by atoms with van der Waals surface area (Å²) in [6, 6.07) is 3.71. The molecule has 0 aliphatic rings. The first-order valence-corrected chi connectivity index (χ1v) is 7.79. The minimum Gasteiger partial charge on any atom is -0.478 e. The van der Waals surface area contributed by atoms with Gasteiger partial charge < -0.3 is 14.8 Å². The van der Waals surface area contributed by atoms with Crippen LogP contribution in [0.2, 0.25) is 0 Å². The van der Waals surface area contributed by atoms with Gasteiger partial charge in [-0.15, -0.1) is 0 Å². The Morgan fingerprint density at radius 2 is 2.19 bits per heavy atom. The standard InChI is InChI=1S/C15H23BrN2O3/c1-11(18-14(19)21-15(2,3)4)6-5-9-20-13-10-12(16)7-8-17-13/h7-8,10-11H,5-6,9H2,1-4H3,(H,18,19)/t11-/m0/s1. The molecular formula is C15H23BrN2O3. The number of nitrogens with zero attached hydrogens (tertiary/aromatic N) is 1. The van der Waals surface area contributed by atoms with Gasteiger partial charge in [0.05, 0.1) is 6.61 Å². The van der Waals surface area contributed by atoms with Crippen LogP contribution in [0.5, 0.6) is 5.88 Å². The minimum absolute atomic E-state index is 0.0407. The van der Waals surface area contributed by atoms with E-state index in [0.717, 1.165) is 17.3 Å². The molecule has 21 heavy (non-hydrogen) atoms. The zero-order chi connectivity index (χ0) is 15.9. The summed E-state index contributed by atoms with van der Waals surface area (Å²) >= 11 is 3.36. The lowest BCUT2D eigenvalue weighted by Gasteiger charge is -2.21. The van der Waals surface area contributed by atoms with Gasteiger partial charge in [0.2, 0.25) is 5.88 Å². The van der Waals surface area contributed by atoms with Crippen LogP contribution < -0.4 is 10.1 Å². The Labute approximate surface area is 134 Å². The molecule has 0 fully saturated rings. The highest BCUT2D eigenvalue weighted by atomic mass is 79.9. The summed E-state index contributed by atoms with van der Waals surface area (Å²) in [6.45, 7) is 8.04. The monoisotopic (exact) mass is 358 g/mol. The number of halogens is 1. The maximum Gasteiger partial charge on any atom is 0.407 e. The molecule has 0 aliphatic carbocycles. The predicted molar refractivity (Wildman–Crippen MR) is 85.5 cm³/mol. The fourth-order valence-electron chi connectivity index (χ4n) is 1.61. The third kappa shape index (κ3) is 8.55. The van der Waals surface area contributed by atoms with E-state index in [2.05, 4.69) is 26.2 Å². The van der Waals surface area contributed by atoms with Gasteiger partial charge in [-0.1, -0.05) is 15.9 Å². The molecule has 118 valence electrons. The molecule has 1 rings (SSSR count). The number of ether oxygens (including phenoxy) is 2. The summed E-state index contributed by atoms with van der Waals surface area (Å²) in [5.41, 5.74) is -0.473. The molecule has 1 atom stereocenters. The lowest BCUT2D eigenvalue weighted by molar-refractivity contribution is 0.0504. The van der Waals surface area contributed by atoms with Gasteiger partial charge in [-0.2, -0.15) is 0 Å². The van der Waals surface area contributed by atoms with Crippen LogP contribution in [-0.4, -0.2) is 29.3 Å². The third-order valence-corrected chi connectivity index (χ3v) is 2.98. The van der Waals surface area contributed by atoms with Crippen molar-refractivity contribution in [3.8, 4) is 5.88 Å². The molecule has 1 heterocycles. The van der Waals surface area contributed by atoms with Crippen molar-refractivity contribution in [2.45, 2.75) is 52.2 Å². The molecule has 6 heteroatoms. The first-order chi connectivity index (χ1) is 9.76. The molecule has 5 nitrogen and oxygen atoms in total. The van der Waals surface area contributed by atoms with Crippen molar-refractivity contribution in [3.63, 3.8) is 0 Å². The molecule has 0 aromatic carbocycles. The first kappa shape index (κ1) is 17.8. The number of rotatable bonds is 6. The third-order valence-electron chi connectivity index (χ3n) is 2.49. The lowest BCUT2D eigenvalue weighted by Crippen LogP contribution is -2.37. The van der Waals surface area contributed by atoms with Crippen molar-refractivity contribution in [3.05, 3.63) is 22.8 Å². The molecule has 0 saturated carbocycles. The normalized spacial score (nSPS) is 12.6. The van der Waals surface area contributed by atoms with Crippen molar-refractivity contribution in [2.75, 3.05) is 6.61 Å². The van der Waals surface area contributed by atoms with Gasteiger partial charge in [0.1, 0.15) is 5.60 Å². The topological polar surface area (TPSA) is 60.5 Å². The zero-order valence-electron chi connectivity index (χ0n) is 13.0. The molecule has 0 spiro atoms. The molecule has 0 radical (unpaired) electrons. The van der Waals surface area contributed by atoms with Gasteiger partial charge in [0.25, 0.3) is 0 Å². The van der Waals surface area contributed by atoms with Crippen LogP contribution in [0.1, 0.15) is 40.5 Å². The minimum atomic E-state index is -0.473. The van der Waals surface area contributed by atoms with Gasteiger partial charge in [-0.25, -0.2) is 9.78 Å². The average molecular weight is 359 g/mol. The number of amides is 1. The summed E-state index contributed by atoms with van der Waals surface area (Å²) < 4.78 is 11.7. The average Bonchev–Trinajstić information content (AvgIpc) is 2.32. The van der Waals surface area contributed by atoms with Gasteiger partial charge in [-0.3, -0.25) is 0 Å². The number of carbonyl (C=O) groups is 1. The summed E-state index contributed by atoms with van der Waals surface area (Å²) in [7, 11) is 0. The molecule has 0 saturated heterocycles. The van der Waals surface area contributed by atoms with Crippen molar-refractivity contribution in [1.82, 2.24) is 10.3 Å².